The van der Waals surface area contributed by atoms with Gasteiger partial charge in [0.25, 0.3) is 0 Å². The van der Waals surface area contributed by atoms with Crippen molar-refractivity contribution in [1.82, 2.24) is 4.90 Å². The zero-order chi connectivity index (χ0) is 13.1. The van der Waals surface area contributed by atoms with E-state index in [9.17, 15) is 4.79 Å². The molecule has 1 aromatic rings. The third kappa shape index (κ3) is 3.23. The smallest absolute Gasteiger partial charge is 0.307 e. The molecule has 1 aromatic carbocycles. The average Bonchev–Trinajstić information content (AvgIpc) is 3.09. The van der Waals surface area contributed by atoms with Crippen molar-refractivity contribution in [3.63, 3.8) is 0 Å². The van der Waals surface area contributed by atoms with Crippen LogP contribution in [0.2, 0.25) is 0 Å². The van der Waals surface area contributed by atoms with E-state index in [0.717, 1.165) is 24.3 Å². The highest BCUT2D eigenvalue weighted by molar-refractivity contribution is 5.75. The molecule has 1 fully saturated rings. The second-order valence-corrected chi connectivity index (χ2v) is 5.01. The summed E-state index contributed by atoms with van der Waals surface area (Å²) in [5, 5.41) is 8.92. The molecule has 2 atom stereocenters. The summed E-state index contributed by atoms with van der Waals surface area (Å²) >= 11 is 0. The molecule has 0 aromatic heterocycles. The lowest BCUT2D eigenvalue weighted by Gasteiger charge is -2.11. The number of ether oxygens (including phenoxy) is 1. The van der Waals surface area contributed by atoms with Crippen molar-refractivity contribution >= 4 is 5.97 Å². The summed E-state index contributed by atoms with van der Waals surface area (Å²) in [6.07, 6.45) is 0.747. The van der Waals surface area contributed by atoms with Crippen LogP contribution in [0.3, 0.4) is 0 Å². The molecule has 0 radical (unpaired) electrons. The summed E-state index contributed by atoms with van der Waals surface area (Å²) in [5.74, 6) is 0.0891. The predicted molar refractivity (Wildman–Crippen MR) is 69.0 cm³/mol. The first-order chi connectivity index (χ1) is 8.58. The first-order valence-electron chi connectivity index (χ1n) is 6.18. The molecule has 2 unspecified atom stereocenters. The minimum Gasteiger partial charge on any atom is -0.492 e. The van der Waals surface area contributed by atoms with Crippen molar-refractivity contribution < 1.29 is 14.6 Å². The summed E-state index contributed by atoms with van der Waals surface area (Å²) < 4.78 is 5.64. The van der Waals surface area contributed by atoms with Crippen LogP contribution in [-0.2, 0) is 4.79 Å². The van der Waals surface area contributed by atoms with Crippen LogP contribution in [0.25, 0.3) is 0 Å². The standard InChI is InChI=1S/C14H19NO3/c1-15(2)6-7-18-11-5-3-4-10(8-11)12-9-13(12)14(16)17/h3-5,8,12-13H,6-7,9H2,1-2H3,(H,16,17). The molecule has 2 rings (SSSR count). The predicted octanol–water partition coefficient (Wildman–Crippen LogP) is 1.82. The van der Waals surface area contributed by atoms with Crippen LogP contribution in [0.15, 0.2) is 24.3 Å². The Hall–Kier alpha value is -1.55. The van der Waals surface area contributed by atoms with Crippen LogP contribution in [0.1, 0.15) is 17.9 Å². The van der Waals surface area contributed by atoms with Crippen LogP contribution in [0.4, 0.5) is 0 Å². The Morgan fingerprint density at radius 1 is 1.50 bits per heavy atom. The second-order valence-electron chi connectivity index (χ2n) is 5.01. The lowest BCUT2D eigenvalue weighted by Crippen LogP contribution is -2.19. The highest BCUT2D eigenvalue weighted by Crippen LogP contribution is 2.48. The number of hydrogen-bond acceptors (Lipinski definition) is 3. The monoisotopic (exact) mass is 249 g/mol. The summed E-state index contributed by atoms with van der Waals surface area (Å²) in [7, 11) is 4.00. The van der Waals surface area contributed by atoms with E-state index >= 15 is 0 Å². The minimum absolute atomic E-state index is 0.167. The molecule has 1 N–H and O–H groups in total. The van der Waals surface area contributed by atoms with Gasteiger partial charge in [-0.1, -0.05) is 12.1 Å². The molecule has 4 heteroatoms. The number of benzene rings is 1. The summed E-state index contributed by atoms with van der Waals surface area (Å²) in [6, 6.07) is 7.78. The van der Waals surface area contributed by atoms with Crippen LogP contribution in [0, 0.1) is 5.92 Å². The van der Waals surface area contributed by atoms with Gasteiger partial charge in [-0.25, -0.2) is 0 Å². The molecular weight excluding hydrogens is 230 g/mol. The van der Waals surface area contributed by atoms with Gasteiger partial charge in [0, 0.05) is 6.54 Å². The number of hydrogen-bond donors (Lipinski definition) is 1. The zero-order valence-electron chi connectivity index (χ0n) is 10.8. The molecule has 1 aliphatic rings. The maximum atomic E-state index is 10.8. The first kappa shape index (κ1) is 12.9. The molecule has 0 aliphatic heterocycles. The largest absolute Gasteiger partial charge is 0.492 e. The Kier molecular flexibility index (Phi) is 3.87. The van der Waals surface area contributed by atoms with E-state index in [-0.39, 0.29) is 11.8 Å². The number of likely N-dealkylation sites (N-methyl/N-ethyl adjacent to an activating group) is 1. The lowest BCUT2D eigenvalue weighted by atomic mass is 10.1. The van der Waals surface area contributed by atoms with Gasteiger partial charge in [0.2, 0.25) is 0 Å². The molecular formula is C14H19NO3. The summed E-state index contributed by atoms with van der Waals surface area (Å²) in [5.41, 5.74) is 1.07. The fourth-order valence-electron chi connectivity index (χ4n) is 2.02. The van der Waals surface area contributed by atoms with E-state index < -0.39 is 5.97 Å². The van der Waals surface area contributed by atoms with E-state index in [4.69, 9.17) is 9.84 Å². The Morgan fingerprint density at radius 3 is 2.89 bits per heavy atom. The van der Waals surface area contributed by atoms with E-state index in [0.29, 0.717) is 6.61 Å². The molecule has 18 heavy (non-hydrogen) atoms. The molecule has 0 spiro atoms. The molecule has 0 bridgehead atoms. The van der Waals surface area contributed by atoms with Crippen LogP contribution >= 0.6 is 0 Å². The van der Waals surface area contributed by atoms with Crippen molar-refractivity contribution in [1.29, 1.82) is 0 Å². The van der Waals surface area contributed by atoms with Gasteiger partial charge in [-0.05, 0) is 44.1 Å². The van der Waals surface area contributed by atoms with Gasteiger partial charge in [0.1, 0.15) is 12.4 Å². The number of rotatable bonds is 6. The van der Waals surface area contributed by atoms with E-state index in [1.54, 1.807) is 0 Å². The third-order valence-electron chi connectivity index (χ3n) is 3.20. The van der Waals surface area contributed by atoms with Gasteiger partial charge in [0.15, 0.2) is 0 Å². The summed E-state index contributed by atoms with van der Waals surface area (Å²) in [4.78, 5) is 12.9. The molecule has 0 amide bonds. The number of carbonyl (C=O) groups is 1. The topological polar surface area (TPSA) is 49.8 Å². The van der Waals surface area contributed by atoms with Gasteiger partial charge in [-0.15, -0.1) is 0 Å². The zero-order valence-corrected chi connectivity index (χ0v) is 10.8. The number of carboxylic acid groups (broad SMARTS) is 1. The Balaban J connectivity index is 1.92. The van der Waals surface area contributed by atoms with E-state index in [2.05, 4.69) is 4.90 Å². The third-order valence-corrected chi connectivity index (χ3v) is 3.20. The maximum absolute atomic E-state index is 10.8. The summed E-state index contributed by atoms with van der Waals surface area (Å²) in [6.45, 7) is 1.51. The SMILES string of the molecule is CN(C)CCOc1cccc(C2CC2C(=O)O)c1. The molecule has 1 aliphatic carbocycles. The second kappa shape index (κ2) is 5.40. The van der Waals surface area contributed by atoms with Gasteiger partial charge >= 0.3 is 5.97 Å². The fraction of sp³-hybridized carbons (Fsp3) is 0.500. The van der Waals surface area contributed by atoms with E-state index in [1.165, 1.54) is 0 Å². The number of carboxylic acids is 1. The highest BCUT2D eigenvalue weighted by atomic mass is 16.5. The van der Waals surface area contributed by atoms with Gasteiger partial charge in [0.05, 0.1) is 5.92 Å². The van der Waals surface area contributed by atoms with Crippen LogP contribution in [0.5, 0.6) is 5.75 Å². The Labute approximate surface area is 107 Å². The van der Waals surface area contributed by atoms with Crippen molar-refractivity contribution in [3.05, 3.63) is 29.8 Å². The molecule has 0 heterocycles. The molecule has 4 nitrogen and oxygen atoms in total. The first-order valence-corrected chi connectivity index (χ1v) is 6.18. The number of nitrogens with zero attached hydrogens (tertiary/aromatic N) is 1. The van der Waals surface area contributed by atoms with Crippen LogP contribution in [-0.4, -0.2) is 43.2 Å². The van der Waals surface area contributed by atoms with Crippen molar-refractivity contribution in [2.45, 2.75) is 12.3 Å². The van der Waals surface area contributed by atoms with Crippen molar-refractivity contribution in [2.24, 2.45) is 5.92 Å². The lowest BCUT2D eigenvalue weighted by molar-refractivity contribution is -0.138. The Morgan fingerprint density at radius 2 is 2.28 bits per heavy atom. The van der Waals surface area contributed by atoms with Crippen molar-refractivity contribution in [3.8, 4) is 5.75 Å². The molecule has 1 saturated carbocycles. The number of aliphatic carboxylic acids is 1. The highest BCUT2D eigenvalue weighted by Gasteiger charge is 2.44. The van der Waals surface area contributed by atoms with Gasteiger partial charge in [-0.3, -0.25) is 4.79 Å². The maximum Gasteiger partial charge on any atom is 0.307 e. The van der Waals surface area contributed by atoms with Crippen LogP contribution < -0.4 is 4.74 Å². The molecule has 98 valence electrons. The quantitative estimate of drug-likeness (QED) is 0.835. The fourth-order valence-corrected chi connectivity index (χ4v) is 2.02. The Bertz CT molecular complexity index is 431. The van der Waals surface area contributed by atoms with Gasteiger partial charge < -0.3 is 14.7 Å². The minimum atomic E-state index is -0.695. The van der Waals surface area contributed by atoms with Crippen molar-refractivity contribution in [2.75, 3.05) is 27.2 Å². The van der Waals surface area contributed by atoms with Gasteiger partial charge in [-0.2, -0.15) is 0 Å². The normalized spacial score (nSPS) is 21.9. The average molecular weight is 249 g/mol. The van der Waals surface area contributed by atoms with E-state index in [1.807, 2.05) is 38.4 Å². The molecule has 0 saturated heterocycles.